The third-order valence-corrected chi connectivity index (χ3v) is 4.70. The maximum absolute atomic E-state index is 5.54. The molecule has 0 unspecified atom stereocenters. The fourth-order valence-electron chi connectivity index (χ4n) is 2.40. The van der Waals surface area contributed by atoms with Crippen molar-refractivity contribution in [2.75, 3.05) is 20.8 Å². The number of ether oxygens (including phenoxy) is 2. The first-order chi connectivity index (χ1) is 12.1. The molecule has 25 heavy (non-hydrogen) atoms. The monoisotopic (exact) mass is 362 g/mol. The summed E-state index contributed by atoms with van der Waals surface area (Å²) in [6, 6.07) is 5.92. The van der Waals surface area contributed by atoms with Crippen molar-refractivity contribution in [1.29, 1.82) is 0 Å². The highest BCUT2D eigenvalue weighted by Crippen LogP contribution is 2.27. The van der Waals surface area contributed by atoms with Crippen LogP contribution in [0.4, 0.5) is 0 Å². The second kappa shape index (κ2) is 9.27. The number of rotatable bonds is 7. The predicted molar refractivity (Wildman–Crippen MR) is 103 cm³/mol. The first kappa shape index (κ1) is 19.1. The van der Waals surface area contributed by atoms with Gasteiger partial charge in [0.15, 0.2) is 17.5 Å². The zero-order chi connectivity index (χ0) is 18.2. The second-order valence-electron chi connectivity index (χ2n) is 5.44. The van der Waals surface area contributed by atoms with Crippen LogP contribution in [-0.4, -0.2) is 31.7 Å². The van der Waals surface area contributed by atoms with E-state index < -0.39 is 0 Å². The summed E-state index contributed by atoms with van der Waals surface area (Å²) < 4.78 is 10.9. The first-order valence-electron chi connectivity index (χ1n) is 8.24. The number of aliphatic imine (C=N–C) groups is 1. The van der Waals surface area contributed by atoms with Gasteiger partial charge in [0.1, 0.15) is 0 Å². The van der Waals surface area contributed by atoms with Crippen molar-refractivity contribution in [2.24, 2.45) is 4.99 Å². The molecule has 1 aromatic carbocycles. The third kappa shape index (κ3) is 5.35. The molecular formula is C18H26N4O2S. The lowest BCUT2D eigenvalue weighted by atomic mass is 10.2. The van der Waals surface area contributed by atoms with Crippen LogP contribution >= 0.6 is 11.3 Å². The molecule has 0 saturated carbocycles. The van der Waals surface area contributed by atoms with Gasteiger partial charge in [-0.2, -0.15) is 0 Å². The highest BCUT2D eigenvalue weighted by molar-refractivity contribution is 7.11. The van der Waals surface area contributed by atoms with Gasteiger partial charge in [-0.05, 0) is 38.5 Å². The van der Waals surface area contributed by atoms with Crippen molar-refractivity contribution in [3.63, 3.8) is 0 Å². The molecule has 0 aliphatic rings. The molecule has 136 valence electrons. The van der Waals surface area contributed by atoms with Gasteiger partial charge in [0.05, 0.1) is 31.0 Å². The number of nitrogens with one attached hydrogen (secondary N) is 2. The lowest BCUT2D eigenvalue weighted by Gasteiger charge is -2.14. The number of guanidine groups is 1. The fraction of sp³-hybridized carbons (Fsp3) is 0.444. The van der Waals surface area contributed by atoms with Gasteiger partial charge in [0.2, 0.25) is 0 Å². The van der Waals surface area contributed by atoms with Gasteiger partial charge < -0.3 is 20.1 Å². The van der Waals surface area contributed by atoms with Crippen LogP contribution in [0.25, 0.3) is 0 Å². The quantitative estimate of drug-likeness (QED) is 0.585. The molecule has 0 bridgehead atoms. The van der Waals surface area contributed by atoms with Crippen molar-refractivity contribution < 1.29 is 9.47 Å². The van der Waals surface area contributed by atoms with Crippen molar-refractivity contribution in [1.82, 2.24) is 15.6 Å². The largest absolute Gasteiger partial charge is 0.493 e. The van der Waals surface area contributed by atoms with Crippen LogP contribution in [0.15, 0.2) is 23.2 Å². The molecule has 0 spiro atoms. The normalized spacial score (nSPS) is 11.3. The van der Waals surface area contributed by atoms with Gasteiger partial charge >= 0.3 is 0 Å². The summed E-state index contributed by atoms with van der Waals surface area (Å²) in [5, 5.41) is 7.72. The Hall–Kier alpha value is -2.28. The molecule has 0 radical (unpaired) electrons. The summed E-state index contributed by atoms with van der Waals surface area (Å²) in [5.41, 5.74) is 2.16. The standard InChI is InChI=1S/C18H26N4O2S/c1-6-24-15-8-7-14(9-16(15)23-5)10-20-18(19-4)21-11-17-12(2)22-13(3)25-17/h7-9H,6,10-11H2,1-5H3,(H2,19,20,21). The maximum atomic E-state index is 5.54. The summed E-state index contributed by atoms with van der Waals surface area (Å²) in [4.78, 5) is 9.94. The molecule has 2 aromatic rings. The van der Waals surface area contributed by atoms with E-state index in [1.54, 1.807) is 25.5 Å². The highest BCUT2D eigenvalue weighted by Gasteiger charge is 2.08. The van der Waals surface area contributed by atoms with Crippen molar-refractivity contribution in [2.45, 2.75) is 33.9 Å². The van der Waals surface area contributed by atoms with Crippen LogP contribution in [0, 0.1) is 13.8 Å². The number of nitrogens with zero attached hydrogens (tertiary/aromatic N) is 2. The molecule has 6 nitrogen and oxygen atoms in total. The Kier molecular flexibility index (Phi) is 7.06. The van der Waals surface area contributed by atoms with Crippen LogP contribution in [0.3, 0.4) is 0 Å². The SMILES string of the molecule is CCOc1ccc(CNC(=NC)NCc2sc(C)nc2C)cc1OC. The number of benzene rings is 1. The van der Waals surface area contributed by atoms with Crippen LogP contribution < -0.4 is 20.1 Å². The predicted octanol–water partition coefficient (Wildman–Crippen LogP) is 3.03. The van der Waals surface area contributed by atoms with E-state index >= 15 is 0 Å². The molecule has 1 heterocycles. The molecule has 0 saturated heterocycles. The molecule has 0 aliphatic heterocycles. The Bertz CT molecular complexity index is 728. The number of aryl methyl sites for hydroxylation is 2. The Morgan fingerprint density at radius 2 is 1.96 bits per heavy atom. The maximum Gasteiger partial charge on any atom is 0.191 e. The minimum absolute atomic E-state index is 0.612. The van der Waals surface area contributed by atoms with E-state index in [4.69, 9.17) is 9.47 Å². The minimum atomic E-state index is 0.612. The van der Waals surface area contributed by atoms with Gasteiger partial charge in [-0.1, -0.05) is 6.07 Å². The van der Waals surface area contributed by atoms with E-state index in [0.717, 1.165) is 33.7 Å². The smallest absolute Gasteiger partial charge is 0.191 e. The molecule has 0 amide bonds. The summed E-state index contributed by atoms with van der Waals surface area (Å²) in [5.74, 6) is 2.24. The van der Waals surface area contributed by atoms with Gasteiger partial charge in [-0.25, -0.2) is 4.98 Å². The van der Waals surface area contributed by atoms with Gasteiger partial charge in [-0.3, -0.25) is 4.99 Å². The lowest BCUT2D eigenvalue weighted by Crippen LogP contribution is -2.36. The minimum Gasteiger partial charge on any atom is -0.493 e. The van der Waals surface area contributed by atoms with Crippen LogP contribution in [0.1, 0.15) is 28.1 Å². The lowest BCUT2D eigenvalue weighted by molar-refractivity contribution is 0.310. The fourth-order valence-corrected chi connectivity index (χ4v) is 3.28. The number of aromatic nitrogens is 1. The number of hydrogen-bond acceptors (Lipinski definition) is 5. The van der Waals surface area contributed by atoms with Crippen molar-refractivity contribution in [3.05, 3.63) is 39.3 Å². The van der Waals surface area contributed by atoms with Crippen LogP contribution in [0.5, 0.6) is 11.5 Å². The van der Waals surface area contributed by atoms with E-state index in [0.29, 0.717) is 19.7 Å². The summed E-state index contributed by atoms with van der Waals surface area (Å²) >= 11 is 1.71. The topological polar surface area (TPSA) is 67.8 Å². The molecule has 1 aromatic heterocycles. The second-order valence-corrected chi connectivity index (χ2v) is 6.73. The molecule has 2 N–H and O–H groups in total. The van der Waals surface area contributed by atoms with E-state index in [9.17, 15) is 0 Å². The van der Waals surface area contributed by atoms with E-state index in [-0.39, 0.29) is 0 Å². The molecule has 0 fully saturated rings. The van der Waals surface area contributed by atoms with Gasteiger partial charge in [-0.15, -0.1) is 11.3 Å². The van der Waals surface area contributed by atoms with Crippen molar-refractivity contribution in [3.8, 4) is 11.5 Å². The number of methoxy groups -OCH3 is 1. The average molecular weight is 362 g/mol. The average Bonchev–Trinajstić information content (AvgIpc) is 2.93. The Morgan fingerprint density at radius 1 is 1.20 bits per heavy atom. The van der Waals surface area contributed by atoms with Crippen LogP contribution in [0.2, 0.25) is 0 Å². The summed E-state index contributed by atoms with van der Waals surface area (Å²) in [6.45, 7) is 7.97. The zero-order valence-electron chi connectivity index (χ0n) is 15.5. The molecule has 2 rings (SSSR count). The van der Waals surface area contributed by atoms with E-state index in [1.165, 1.54) is 4.88 Å². The summed E-state index contributed by atoms with van der Waals surface area (Å²) in [7, 11) is 3.41. The van der Waals surface area contributed by atoms with E-state index in [1.807, 2.05) is 39.0 Å². The van der Waals surface area contributed by atoms with Crippen molar-refractivity contribution >= 4 is 17.3 Å². The summed E-state index contributed by atoms with van der Waals surface area (Å²) in [6.07, 6.45) is 0. The molecular weight excluding hydrogens is 336 g/mol. The number of thiazole rings is 1. The Morgan fingerprint density at radius 3 is 2.56 bits per heavy atom. The molecule has 7 heteroatoms. The van der Waals surface area contributed by atoms with Gasteiger partial charge in [0.25, 0.3) is 0 Å². The van der Waals surface area contributed by atoms with Gasteiger partial charge in [0, 0.05) is 18.5 Å². The molecule has 0 aliphatic carbocycles. The number of hydrogen-bond donors (Lipinski definition) is 2. The third-order valence-electron chi connectivity index (χ3n) is 3.63. The first-order valence-corrected chi connectivity index (χ1v) is 9.06. The zero-order valence-corrected chi connectivity index (χ0v) is 16.3. The van der Waals surface area contributed by atoms with Crippen LogP contribution in [-0.2, 0) is 13.1 Å². The highest BCUT2D eigenvalue weighted by atomic mass is 32.1. The van der Waals surface area contributed by atoms with E-state index in [2.05, 4.69) is 20.6 Å². The Labute approximate surface area is 153 Å². The molecule has 0 atom stereocenters. The Balaban J connectivity index is 1.93.